The molecule has 0 atom stereocenters. The molecule has 0 spiro atoms. The minimum atomic E-state index is -3.27. The number of esters is 1. The predicted octanol–water partition coefficient (Wildman–Crippen LogP) is 4.50. The maximum Gasteiger partial charge on any atom is 0.647 e. The third-order valence-corrected chi connectivity index (χ3v) is 13.3. The summed E-state index contributed by atoms with van der Waals surface area (Å²) in [7, 11) is -9.15. The molecule has 6 nitrogen and oxygen atoms in total. The molecule has 0 N–H and O–H groups in total. The topological polar surface area (TPSA) is 63.2 Å². The lowest BCUT2D eigenvalue weighted by Crippen LogP contribution is -2.62. The summed E-state index contributed by atoms with van der Waals surface area (Å²) in [5, 5.41) is 0. The summed E-state index contributed by atoms with van der Waals surface area (Å²) in [4.78, 5) is 11.5. The molecule has 10 heteroatoms. The first-order valence-corrected chi connectivity index (χ1v) is 20.9. The first kappa shape index (κ1) is 25.9. The van der Waals surface area contributed by atoms with Crippen molar-refractivity contribution in [1.82, 2.24) is 0 Å². The molecule has 0 aromatic heterocycles. The number of hydrogen-bond donors (Lipinski definition) is 0. The van der Waals surface area contributed by atoms with Gasteiger partial charge in [-0.15, -0.1) is 0 Å². The van der Waals surface area contributed by atoms with Crippen LogP contribution < -0.4 is 0 Å². The van der Waals surface area contributed by atoms with E-state index in [1.54, 1.807) is 6.92 Å². The number of carbonyl (C=O) groups is 1. The molecular formula is C16H38O6Si4. The number of ether oxygens (including phenoxy) is 1. The zero-order valence-electron chi connectivity index (χ0n) is 18.3. The van der Waals surface area contributed by atoms with Crippen LogP contribution in [-0.4, -0.2) is 53.2 Å². The van der Waals surface area contributed by atoms with Gasteiger partial charge in [0, 0.05) is 18.6 Å². The lowest BCUT2D eigenvalue weighted by molar-refractivity contribution is -0.139. The van der Waals surface area contributed by atoms with Crippen molar-refractivity contribution >= 4 is 40.0 Å². The van der Waals surface area contributed by atoms with Gasteiger partial charge in [-0.05, 0) is 65.8 Å². The average Bonchev–Trinajstić information content (AvgIpc) is 2.30. The summed E-state index contributed by atoms with van der Waals surface area (Å²) < 4.78 is 30.5. The fraction of sp³-hybridized carbons (Fsp3) is 0.812. The Labute approximate surface area is 164 Å². The van der Waals surface area contributed by atoms with Crippen LogP contribution in [0.2, 0.25) is 58.9 Å². The maximum absolute atomic E-state index is 11.5. The van der Waals surface area contributed by atoms with Gasteiger partial charge in [0.2, 0.25) is 0 Å². The average molecular weight is 439 g/mol. The van der Waals surface area contributed by atoms with Crippen LogP contribution in [0.5, 0.6) is 0 Å². The molecule has 0 saturated heterocycles. The number of carbonyl (C=O) groups excluding carboxylic acids is 1. The molecule has 0 bridgehead atoms. The van der Waals surface area contributed by atoms with Gasteiger partial charge in [-0.25, -0.2) is 4.79 Å². The molecule has 0 heterocycles. The van der Waals surface area contributed by atoms with Gasteiger partial charge >= 0.3 is 15.0 Å². The molecule has 154 valence electrons. The van der Waals surface area contributed by atoms with Gasteiger partial charge in [0.1, 0.15) is 0 Å². The molecule has 0 aromatic carbocycles. The minimum Gasteiger partial charge on any atom is -0.462 e. The molecule has 0 aliphatic heterocycles. The van der Waals surface area contributed by atoms with Crippen LogP contribution in [0, 0.1) is 0 Å². The molecule has 0 saturated carbocycles. The van der Waals surface area contributed by atoms with Gasteiger partial charge in [-0.1, -0.05) is 6.58 Å². The molecule has 0 aromatic rings. The summed E-state index contributed by atoms with van der Waals surface area (Å²) >= 11 is 0. The first-order chi connectivity index (χ1) is 11.4. The highest BCUT2D eigenvalue weighted by Crippen LogP contribution is 2.26. The third-order valence-electron chi connectivity index (χ3n) is 2.44. The third kappa shape index (κ3) is 13.1. The largest absolute Gasteiger partial charge is 0.647 e. The lowest BCUT2D eigenvalue weighted by atomic mass is 10.4. The van der Waals surface area contributed by atoms with Crippen LogP contribution in [0.1, 0.15) is 13.3 Å². The van der Waals surface area contributed by atoms with Gasteiger partial charge in [0.05, 0.1) is 6.61 Å². The molecule has 0 radical (unpaired) electrons. The Balaban J connectivity index is 5.14. The van der Waals surface area contributed by atoms with E-state index in [0.717, 1.165) is 0 Å². The SMILES string of the molecule is C=C(C)C(=O)OCCCO[Si](O[Si](C)(C)C)(O[Si](C)(C)C)O[Si](C)(C)C. The van der Waals surface area contributed by atoms with Crippen LogP contribution in [0.4, 0.5) is 0 Å². The van der Waals surface area contributed by atoms with Crippen LogP contribution in [0.3, 0.4) is 0 Å². The summed E-state index contributed by atoms with van der Waals surface area (Å²) in [6, 6.07) is 0. The van der Waals surface area contributed by atoms with E-state index in [4.69, 9.17) is 21.5 Å². The normalized spacial score (nSPS) is 13.6. The molecular weight excluding hydrogens is 401 g/mol. The molecule has 0 aliphatic carbocycles. The Morgan fingerprint density at radius 1 is 0.769 bits per heavy atom. The van der Waals surface area contributed by atoms with Gasteiger partial charge in [0.15, 0.2) is 25.0 Å². The van der Waals surface area contributed by atoms with E-state index in [1.165, 1.54) is 0 Å². The molecule has 26 heavy (non-hydrogen) atoms. The highest BCUT2D eigenvalue weighted by atomic mass is 28.5. The highest BCUT2D eigenvalue weighted by Gasteiger charge is 2.53. The van der Waals surface area contributed by atoms with Gasteiger partial charge in [-0.2, -0.15) is 0 Å². The number of hydrogen-bond acceptors (Lipinski definition) is 6. The van der Waals surface area contributed by atoms with Gasteiger partial charge < -0.3 is 21.5 Å². The smallest absolute Gasteiger partial charge is 0.462 e. The molecule has 0 rings (SSSR count). The zero-order chi connectivity index (χ0) is 20.8. The van der Waals surface area contributed by atoms with Crippen molar-refractivity contribution in [3.63, 3.8) is 0 Å². The Bertz CT molecular complexity index is 436. The first-order valence-electron chi connectivity index (χ1n) is 9.02. The molecule has 0 aliphatic rings. The second kappa shape index (κ2) is 9.91. The Kier molecular flexibility index (Phi) is 9.88. The lowest BCUT2D eigenvalue weighted by Gasteiger charge is -2.40. The van der Waals surface area contributed by atoms with Crippen molar-refractivity contribution in [3.05, 3.63) is 12.2 Å². The zero-order valence-corrected chi connectivity index (χ0v) is 22.3. The van der Waals surface area contributed by atoms with E-state index in [1.807, 2.05) is 0 Å². The second-order valence-electron chi connectivity index (χ2n) is 9.26. The summed E-state index contributed by atoms with van der Waals surface area (Å²) in [6.45, 7) is 24.8. The van der Waals surface area contributed by atoms with Gasteiger partial charge in [0.25, 0.3) is 0 Å². The van der Waals surface area contributed by atoms with E-state index in [9.17, 15) is 4.79 Å². The van der Waals surface area contributed by atoms with Gasteiger partial charge in [-0.3, -0.25) is 0 Å². The number of rotatable bonds is 12. The fourth-order valence-electron chi connectivity index (χ4n) is 1.82. The van der Waals surface area contributed by atoms with Crippen LogP contribution in [0.25, 0.3) is 0 Å². The van der Waals surface area contributed by atoms with Crippen LogP contribution >= 0.6 is 0 Å². The molecule has 0 fully saturated rings. The summed E-state index contributed by atoms with van der Waals surface area (Å²) in [5.74, 6) is -0.386. The Morgan fingerprint density at radius 2 is 1.15 bits per heavy atom. The van der Waals surface area contributed by atoms with Crippen molar-refractivity contribution in [2.45, 2.75) is 72.3 Å². The Morgan fingerprint density at radius 3 is 1.46 bits per heavy atom. The van der Waals surface area contributed by atoms with E-state index in [-0.39, 0.29) is 12.6 Å². The highest BCUT2D eigenvalue weighted by molar-refractivity contribution is 6.87. The van der Waals surface area contributed by atoms with E-state index < -0.39 is 34.0 Å². The van der Waals surface area contributed by atoms with Crippen molar-refractivity contribution in [2.24, 2.45) is 0 Å². The van der Waals surface area contributed by atoms with E-state index in [2.05, 4.69) is 65.5 Å². The standard InChI is InChI=1S/C16H38O6Si4/c1-15(2)16(17)18-13-12-14-19-26(20-23(3,4)5,21-24(6,7)8)22-25(9,10)11/h1,12-14H2,2-11H3. The van der Waals surface area contributed by atoms with Crippen molar-refractivity contribution in [2.75, 3.05) is 13.2 Å². The van der Waals surface area contributed by atoms with Crippen LogP contribution in [-0.2, 0) is 26.3 Å². The maximum atomic E-state index is 11.5. The summed E-state index contributed by atoms with van der Waals surface area (Å²) in [5.41, 5.74) is 0.390. The van der Waals surface area contributed by atoms with Crippen molar-refractivity contribution in [1.29, 1.82) is 0 Å². The quantitative estimate of drug-likeness (QED) is 0.193. The predicted molar refractivity (Wildman–Crippen MR) is 115 cm³/mol. The monoisotopic (exact) mass is 438 g/mol. The summed E-state index contributed by atoms with van der Waals surface area (Å²) in [6.07, 6.45) is 0.549. The molecule has 0 amide bonds. The van der Waals surface area contributed by atoms with E-state index in [0.29, 0.717) is 18.6 Å². The van der Waals surface area contributed by atoms with Crippen LogP contribution in [0.15, 0.2) is 12.2 Å². The molecule has 0 unspecified atom stereocenters. The minimum absolute atomic E-state index is 0.267. The second-order valence-corrected chi connectivity index (χ2v) is 25.7. The van der Waals surface area contributed by atoms with Crippen molar-refractivity contribution in [3.8, 4) is 0 Å². The van der Waals surface area contributed by atoms with E-state index >= 15 is 0 Å². The van der Waals surface area contributed by atoms with Crippen molar-refractivity contribution < 1.29 is 26.3 Å². The fourth-order valence-corrected chi connectivity index (χ4v) is 13.5. The Hall–Kier alpha value is -0.0825.